The lowest BCUT2D eigenvalue weighted by Gasteiger charge is -2.25. The third-order valence-corrected chi connectivity index (χ3v) is 3.26. The molecule has 1 aliphatic rings. The molecule has 0 spiro atoms. The summed E-state index contributed by atoms with van der Waals surface area (Å²) in [6, 6.07) is 5.30. The topological polar surface area (TPSA) is 55.3 Å². The SMILES string of the molecule is O=C(Oc1ccc2nccnc2c1)N1CCCCC1. The predicted molar refractivity (Wildman–Crippen MR) is 71.0 cm³/mol. The van der Waals surface area contributed by atoms with Crippen molar-refractivity contribution in [3.8, 4) is 5.75 Å². The second kappa shape index (κ2) is 5.22. The van der Waals surface area contributed by atoms with Gasteiger partial charge in [-0.15, -0.1) is 0 Å². The smallest absolute Gasteiger partial charge is 0.410 e. The molecule has 1 fully saturated rings. The predicted octanol–water partition coefficient (Wildman–Crippen LogP) is 2.61. The summed E-state index contributed by atoms with van der Waals surface area (Å²) in [4.78, 5) is 22.1. The molecule has 0 N–H and O–H groups in total. The molecule has 0 saturated carbocycles. The summed E-state index contributed by atoms with van der Waals surface area (Å²) in [5.74, 6) is 0.517. The minimum atomic E-state index is -0.275. The summed E-state index contributed by atoms with van der Waals surface area (Å²) in [6.07, 6.45) is 6.29. The van der Waals surface area contributed by atoms with Crippen LogP contribution in [0.5, 0.6) is 5.75 Å². The summed E-state index contributed by atoms with van der Waals surface area (Å²) < 4.78 is 5.38. The van der Waals surface area contributed by atoms with Gasteiger partial charge in [-0.2, -0.15) is 0 Å². The van der Waals surface area contributed by atoms with Crippen molar-refractivity contribution < 1.29 is 9.53 Å². The Bertz CT molecular complexity index is 594. The number of piperidine rings is 1. The summed E-state index contributed by atoms with van der Waals surface area (Å²) in [7, 11) is 0. The fraction of sp³-hybridized carbons (Fsp3) is 0.357. The highest BCUT2D eigenvalue weighted by molar-refractivity contribution is 5.77. The highest BCUT2D eigenvalue weighted by atomic mass is 16.6. The van der Waals surface area contributed by atoms with E-state index < -0.39 is 0 Å². The first-order valence-corrected chi connectivity index (χ1v) is 6.50. The molecular weight excluding hydrogens is 242 g/mol. The molecule has 0 radical (unpaired) electrons. The Morgan fingerprint density at radius 3 is 2.58 bits per heavy atom. The van der Waals surface area contributed by atoms with Crippen molar-refractivity contribution in [2.75, 3.05) is 13.1 Å². The third kappa shape index (κ3) is 2.65. The number of fused-ring (bicyclic) bond motifs is 1. The Morgan fingerprint density at radius 2 is 1.79 bits per heavy atom. The van der Waals surface area contributed by atoms with Crippen LogP contribution >= 0.6 is 0 Å². The second-order valence-corrected chi connectivity index (χ2v) is 4.62. The summed E-state index contributed by atoms with van der Waals surface area (Å²) in [6.45, 7) is 1.57. The number of amides is 1. The maximum absolute atomic E-state index is 12.0. The van der Waals surface area contributed by atoms with Gasteiger partial charge in [-0.1, -0.05) is 0 Å². The Hall–Kier alpha value is -2.17. The highest BCUT2D eigenvalue weighted by Gasteiger charge is 2.18. The third-order valence-electron chi connectivity index (χ3n) is 3.26. The lowest BCUT2D eigenvalue weighted by Crippen LogP contribution is -2.37. The number of likely N-dealkylation sites (tertiary alicyclic amines) is 1. The molecule has 0 atom stereocenters. The van der Waals surface area contributed by atoms with Gasteiger partial charge in [0, 0.05) is 31.5 Å². The van der Waals surface area contributed by atoms with Crippen LogP contribution in [0.1, 0.15) is 19.3 Å². The summed E-state index contributed by atoms with van der Waals surface area (Å²) in [5, 5.41) is 0. The van der Waals surface area contributed by atoms with Crippen molar-refractivity contribution in [3.63, 3.8) is 0 Å². The zero-order valence-corrected chi connectivity index (χ0v) is 10.6. The van der Waals surface area contributed by atoms with Gasteiger partial charge >= 0.3 is 6.09 Å². The van der Waals surface area contributed by atoms with Gasteiger partial charge in [-0.05, 0) is 31.4 Å². The van der Waals surface area contributed by atoms with E-state index in [1.807, 2.05) is 0 Å². The van der Waals surface area contributed by atoms with E-state index in [4.69, 9.17) is 4.74 Å². The number of nitrogens with zero attached hydrogens (tertiary/aromatic N) is 3. The van der Waals surface area contributed by atoms with Gasteiger partial charge in [-0.3, -0.25) is 9.97 Å². The molecule has 0 aliphatic carbocycles. The molecule has 1 aliphatic heterocycles. The van der Waals surface area contributed by atoms with Gasteiger partial charge in [0.25, 0.3) is 0 Å². The number of ether oxygens (including phenoxy) is 1. The van der Waals surface area contributed by atoms with Gasteiger partial charge < -0.3 is 9.64 Å². The van der Waals surface area contributed by atoms with Crippen LogP contribution in [0.4, 0.5) is 4.79 Å². The normalized spacial score (nSPS) is 15.5. The largest absolute Gasteiger partial charge is 0.415 e. The van der Waals surface area contributed by atoms with E-state index >= 15 is 0 Å². The van der Waals surface area contributed by atoms with Crippen LogP contribution in [0, 0.1) is 0 Å². The van der Waals surface area contributed by atoms with E-state index in [9.17, 15) is 4.79 Å². The molecule has 5 nitrogen and oxygen atoms in total. The first-order valence-electron chi connectivity index (χ1n) is 6.50. The van der Waals surface area contributed by atoms with Crippen molar-refractivity contribution in [3.05, 3.63) is 30.6 Å². The van der Waals surface area contributed by atoms with Crippen LogP contribution in [0.15, 0.2) is 30.6 Å². The zero-order valence-electron chi connectivity index (χ0n) is 10.6. The van der Waals surface area contributed by atoms with Crippen LogP contribution < -0.4 is 4.74 Å². The average Bonchev–Trinajstić information content (AvgIpc) is 2.48. The van der Waals surface area contributed by atoms with E-state index in [1.54, 1.807) is 35.5 Å². The van der Waals surface area contributed by atoms with Gasteiger partial charge in [0.2, 0.25) is 0 Å². The van der Waals surface area contributed by atoms with Crippen molar-refractivity contribution in [1.29, 1.82) is 0 Å². The monoisotopic (exact) mass is 257 g/mol. The van der Waals surface area contributed by atoms with Crippen molar-refractivity contribution >= 4 is 17.1 Å². The molecule has 0 unspecified atom stereocenters. The first-order chi connectivity index (χ1) is 9.33. The number of hydrogen-bond acceptors (Lipinski definition) is 4. The Balaban J connectivity index is 1.75. The fourth-order valence-electron chi connectivity index (χ4n) is 2.25. The Labute approximate surface area is 111 Å². The molecule has 5 heteroatoms. The molecule has 1 saturated heterocycles. The maximum atomic E-state index is 12.0. The number of carbonyl (C=O) groups is 1. The van der Waals surface area contributed by atoms with Crippen LogP contribution in [0.25, 0.3) is 11.0 Å². The molecule has 3 rings (SSSR count). The Kier molecular flexibility index (Phi) is 3.27. The van der Waals surface area contributed by atoms with Crippen LogP contribution in [-0.4, -0.2) is 34.1 Å². The molecule has 0 bridgehead atoms. The van der Waals surface area contributed by atoms with E-state index in [1.165, 1.54) is 6.42 Å². The average molecular weight is 257 g/mol. The van der Waals surface area contributed by atoms with Crippen molar-refractivity contribution in [2.24, 2.45) is 0 Å². The van der Waals surface area contributed by atoms with E-state index in [0.717, 1.165) is 37.0 Å². The molecule has 98 valence electrons. The minimum absolute atomic E-state index is 0.275. The molecule has 2 heterocycles. The number of aromatic nitrogens is 2. The molecule has 2 aromatic rings. The van der Waals surface area contributed by atoms with Crippen LogP contribution in [-0.2, 0) is 0 Å². The standard InChI is InChI=1S/C14H15N3O2/c18-14(17-8-2-1-3-9-17)19-11-4-5-12-13(10-11)16-7-6-15-12/h4-7,10H,1-3,8-9H2. The van der Waals surface area contributed by atoms with E-state index in [0.29, 0.717) is 5.75 Å². The highest BCUT2D eigenvalue weighted by Crippen LogP contribution is 2.19. The van der Waals surface area contributed by atoms with Crippen LogP contribution in [0.2, 0.25) is 0 Å². The second-order valence-electron chi connectivity index (χ2n) is 4.62. The lowest BCUT2D eigenvalue weighted by atomic mass is 10.1. The summed E-state index contributed by atoms with van der Waals surface area (Å²) >= 11 is 0. The van der Waals surface area contributed by atoms with Crippen molar-refractivity contribution in [1.82, 2.24) is 14.9 Å². The number of benzene rings is 1. The quantitative estimate of drug-likeness (QED) is 0.788. The number of hydrogen-bond donors (Lipinski definition) is 0. The summed E-state index contributed by atoms with van der Waals surface area (Å²) in [5.41, 5.74) is 1.52. The molecule has 1 amide bonds. The van der Waals surface area contributed by atoms with Gasteiger partial charge in [0.05, 0.1) is 11.0 Å². The van der Waals surface area contributed by atoms with Crippen molar-refractivity contribution in [2.45, 2.75) is 19.3 Å². The fourth-order valence-corrected chi connectivity index (χ4v) is 2.25. The van der Waals surface area contributed by atoms with E-state index in [-0.39, 0.29) is 6.09 Å². The molecule has 1 aromatic carbocycles. The maximum Gasteiger partial charge on any atom is 0.415 e. The van der Waals surface area contributed by atoms with E-state index in [2.05, 4.69) is 9.97 Å². The number of carbonyl (C=O) groups excluding carboxylic acids is 1. The van der Waals surface area contributed by atoms with Gasteiger partial charge in [-0.25, -0.2) is 4.79 Å². The number of rotatable bonds is 1. The molecular formula is C14H15N3O2. The minimum Gasteiger partial charge on any atom is -0.410 e. The Morgan fingerprint density at radius 1 is 1.05 bits per heavy atom. The van der Waals surface area contributed by atoms with Gasteiger partial charge in [0.1, 0.15) is 5.75 Å². The van der Waals surface area contributed by atoms with Crippen LogP contribution in [0.3, 0.4) is 0 Å². The first kappa shape index (κ1) is 11.9. The molecule has 19 heavy (non-hydrogen) atoms. The zero-order chi connectivity index (χ0) is 13.1. The molecule has 1 aromatic heterocycles. The lowest BCUT2D eigenvalue weighted by molar-refractivity contribution is 0.142. The van der Waals surface area contributed by atoms with Gasteiger partial charge in [0.15, 0.2) is 0 Å².